The first-order valence-electron chi connectivity index (χ1n) is 11.3. The predicted octanol–water partition coefficient (Wildman–Crippen LogP) is 6.47. The molecule has 2 aliphatic rings. The van der Waals surface area contributed by atoms with E-state index >= 15 is 0 Å². The van der Waals surface area contributed by atoms with Crippen molar-refractivity contribution in [2.24, 2.45) is 0 Å². The van der Waals surface area contributed by atoms with Gasteiger partial charge in [0, 0.05) is 47.2 Å². The van der Waals surface area contributed by atoms with Gasteiger partial charge in [-0.25, -0.2) is 8.78 Å². The fraction of sp³-hybridized carbons (Fsp3) is 0.296. The average Bonchev–Trinajstić information content (AvgIpc) is 3.10. The molecule has 1 amide bonds. The van der Waals surface area contributed by atoms with Crippen LogP contribution in [0.2, 0.25) is 0 Å². The van der Waals surface area contributed by atoms with Crippen LogP contribution in [0.25, 0.3) is 0 Å². The van der Waals surface area contributed by atoms with Gasteiger partial charge >= 0.3 is 0 Å². The molecule has 2 atom stereocenters. The van der Waals surface area contributed by atoms with Gasteiger partial charge < -0.3 is 9.64 Å². The summed E-state index contributed by atoms with van der Waals surface area (Å²) >= 11 is 1.77. The lowest BCUT2D eigenvalue weighted by Gasteiger charge is -2.39. The molecule has 0 aromatic heterocycles. The SMILES string of the molecule is O=C(c1ccc(CSc2ccccc2)cc1)N1[C@H]2CC[C@H]1CC(Oc1ccc(F)cc1F)C2. The molecule has 6 heteroatoms. The summed E-state index contributed by atoms with van der Waals surface area (Å²) in [6.07, 6.45) is 2.99. The topological polar surface area (TPSA) is 29.5 Å². The van der Waals surface area contributed by atoms with Crippen LogP contribution >= 0.6 is 11.8 Å². The molecule has 3 aromatic carbocycles. The summed E-state index contributed by atoms with van der Waals surface area (Å²) < 4.78 is 33.0. The van der Waals surface area contributed by atoms with Crippen molar-refractivity contribution in [2.45, 2.75) is 54.5 Å². The third-order valence-corrected chi connectivity index (χ3v) is 7.54. The number of amides is 1. The van der Waals surface area contributed by atoms with Crippen molar-refractivity contribution in [1.29, 1.82) is 0 Å². The summed E-state index contributed by atoms with van der Waals surface area (Å²) in [6, 6.07) is 21.7. The van der Waals surface area contributed by atoms with Crippen LogP contribution in [0.3, 0.4) is 0 Å². The van der Waals surface area contributed by atoms with Crippen molar-refractivity contribution in [2.75, 3.05) is 0 Å². The first-order chi connectivity index (χ1) is 16.1. The van der Waals surface area contributed by atoms with Gasteiger partial charge in [-0.1, -0.05) is 30.3 Å². The van der Waals surface area contributed by atoms with Crippen LogP contribution < -0.4 is 4.74 Å². The fourth-order valence-electron chi connectivity index (χ4n) is 4.88. The Hall–Kier alpha value is -2.86. The Bertz CT molecular complexity index is 1110. The van der Waals surface area contributed by atoms with E-state index in [0.29, 0.717) is 18.4 Å². The first kappa shape index (κ1) is 22.0. The number of rotatable bonds is 6. The van der Waals surface area contributed by atoms with Gasteiger partial charge in [0.1, 0.15) is 11.9 Å². The van der Waals surface area contributed by atoms with Gasteiger partial charge in [-0.15, -0.1) is 11.8 Å². The maximum Gasteiger partial charge on any atom is 0.254 e. The Morgan fingerprint density at radius 2 is 1.64 bits per heavy atom. The molecule has 0 saturated carbocycles. The van der Waals surface area contributed by atoms with E-state index < -0.39 is 11.6 Å². The zero-order chi connectivity index (χ0) is 22.8. The van der Waals surface area contributed by atoms with Gasteiger partial charge in [-0.2, -0.15) is 0 Å². The smallest absolute Gasteiger partial charge is 0.254 e. The minimum Gasteiger partial charge on any atom is -0.487 e. The third kappa shape index (κ3) is 4.91. The number of carbonyl (C=O) groups excluding carboxylic acids is 1. The van der Waals surface area contributed by atoms with E-state index in [9.17, 15) is 13.6 Å². The number of benzene rings is 3. The highest BCUT2D eigenvalue weighted by Gasteiger charge is 2.44. The molecule has 33 heavy (non-hydrogen) atoms. The molecule has 2 aliphatic heterocycles. The van der Waals surface area contributed by atoms with E-state index in [4.69, 9.17) is 4.74 Å². The molecule has 2 saturated heterocycles. The van der Waals surface area contributed by atoms with E-state index in [0.717, 1.165) is 24.7 Å². The normalized spacial score (nSPS) is 21.8. The summed E-state index contributed by atoms with van der Waals surface area (Å²) in [5, 5.41) is 0. The summed E-state index contributed by atoms with van der Waals surface area (Å²) in [7, 11) is 0. The van der Waals surface area contributed by atoms with Gasteiger partial charge in [-0.3, -0.25) is 4.79 Å². The standard InChI is InChI=1S/C27H25F2NO2S/c28-20-10-13-26(25(29)14-20)32-23-15-21-11-12-22(16-23)30(21)27(31)19-8-6-18(7-9-19)17-33-24-4-2-1-3-5-24/h1-10,13-14,21-23H,11-12,15-17H2/t21-,22-/m0/s1. The monoisotopic (exact) mass is 465 g/mol. The summed E-state index contributed by atoms with van der Waals surface area (Å²) in [5.41, 5.74) is 1.88. The first-order valence-corrected chi connectivity index (χ1v) is 12.3. The Balaban J connectivity index is 1.21. The molecule has 0 spiro atoms. The second-order valence-electron chi connectivity index (χ2n) is 8.68. The number of halogens is 2. The van der Waals surface area contributed by atoms with Gasteiger partial charge in [0.25, 0.3) is 5.91 Å². The summed E-state index contributed by atoms with van der Waals surface area (Å²) in [6.45, 7) is 0. The fourth-order valence-corrected chi connectivity index (χ4v) is 5.76. The van der Waals surface area contributed by atoms with Gasteiger partial charge in [-0.05, 0) is 54.8 Å². The van der Waals surface area contributed by atoms with E-state index in [2.05, 4.69) is 12.1 Å². The van der Waals surface area contributed by atoms with Crippen molar-refractivity contribution in [3.8, 4) is 5.75 Å². The largest absolute Gasteiger partial charge is 0.487 e. The molecule has 2 heterocycles. The number of hydrogen-bond acceptors (Lipinski definition) is 3. The van der Waals surface area contributed by atoms with Crippen LogP contribution in [0.1, 0.15) is 41.6 Å². The Morgan fingerprint density at radius 3 is 2.30 bits per heavy atom. The van der Waals surface area contributed by atoms with Gasteiger partial charge in [0.2, 0.25) is 0 Å². The maximum atomic E-state index is 14.0. The van der Waals surface area contributed by atoms with Crippen molar-refractivity contribution < 1.29 is 18.3 Å². The molecule has 3 nitrogen and oxygen atoms in total. The Kier molecular flexibility index (Phi) is 6.36. The van der Waals surface area contributed by atoms with Gasteiger partial charge in [0.15, 0.2) is 11.6 Å². The molecule has 170 valence electrons. The lowest BCUT2D eigenvalue weighted by atomic mass is 9.98. The zero-order valence-corrected chi connectivity index (χ0v) is 18.9. The molecule has 0 aliphatic carbocycles. The number of hydrogen-bond donors (Lipinski definition) is 0. The molecule has 0 unspecified atom stereocenters. The molecule has 0 N–H and O–H groups in total. The lowest BCUT2D eigenvalue weighted by Crippen LogP contribution is -2.49. The number of piperidine rings is 1. The lowest BCUT2D eigenvalue weighted by molar-refractivity contribution is 0.0349. The number of carbonyl (C=O) groups is 1. The van der Waals surface area contributed by atoms with Crippen LogP contribution in [0.5, 0.6) is 5.75 Å². The van der Waals surface area contributed by atoms with Crippen LogP contribution in [0.4, 0.5) is 8.78 Å². The minimum absolute atomic E-state index is 0.0520. The molecular weight excluding hydrogens is 440 g/mol. The molecule has 0 radical (unpaired) electrons. The second kappa shape index (κ2) is 9.56. The number of ether oxygens (including phenoxy) is 1. The van der Waals surface area contributed by atoms with Crippen molar-refractivity contribution in [3.63, 3.8) is 0 Å². The third-order valence-electron chi connectivity index (χ3n) is 6.46. The van der Waals surface area contributed by atoms with Crippen LogP contribution in [-0.4, -0.2) is 29.0 Å². The zero-order valence-electron chi connectivity index (χ0n) is 18.1. The molecule has 2 bridgehead atoms. The van der Waals surface area contributed by atoms with Crippen LogP contribution in [-0.2, 0) is 5.75 Å². The number of thioether (sulfide) groups is 1. The van der Waals surface area contributed by atoms with E-state index in [-0.39, 0.29) is 29.8 Å². The van der Waals surface area contributed by atoms with Crippen molar-refractivity contribution in [3.05, 3.63) is 95.6 Å². The van der Waals surface area contributed by atoms with E-state index in [1.54, 1.807) is 11.8 Å². The van der Waals surface area contributed by atoms with Crippen LogP contribution in [0.15, 0.2) is 77.7 Å². The Labute approximate surface area is 196 Å². The molecule has 5 rings (SSSR count). The summed E-state index contributed by atoms with van der Waals surface area (Å²) in [5.74, 6) is -0.330. The van der Waals surface area contributed by atoms with Crippen molar-refractivity contribution >= 4 is 17.7 Å². The average molecular weight is 466 g/mol. The predicted molar refractivity (Wildman–Crippen MR) is 125 cm³/mol. The van der Waals surface area contributed by atoms with E-state index in [1.165, 1.54) is 22.6 Å². The van der Waals surface area contributed by atoms with Gasteiger partial charge in [0.05, 0.1) is 0 Å². The molecular formula is C27H25F2NO2S. The number of nitrogens with zero attached hydrogens (tertiary/aromatic N) is 1. The van der Waals surface area contributed by atoms with Crippen LogP contribution in [0, 0.1) is 11.6 Å². The highest BCUT2D eigenvalue weighted by atomic mass is 32.2. The second-order valence-corrected chi connectivity index (χ2v) is 9.73. The Morgan fingerprint density at radius 1 is 0.939 bits per heavy atom. The minimum atomic E-state index is -0.689. The maximum absolute atomic E-state index is 14.0. The number of fused-ring (bicyclic) bond motifs is 2. The van der Waals surface area contributed by atoms with Crippen molar-refractivity contribution in [1.82, 2.24) is 4.90 Å². The highest BCUT2D eigenvalue weighted by Crippen LogP contribution is 2.38. The highest BCUT2D eigenvalue weighted by molar-refractivity contribution is 7.98. The summed E-state index contributed by atoms with van der Waals surface area (Å²) in [4.78, 5) is 16.5. The molecule has 3 aromatic rings. The quantitative estimate of drug-likeness (QED) is 0.391. The molecule has 2 fully saturated rings. The van der Waals surface area contributed by atoms with E-state index in [1.807, 2.05) is 47.4 Å².